The number of benzene rings is 2. The van der Waals surface area contributed by atoms with Gasteiger partial charge < -0.3 is 9.64 Å². The molecule has 2 atom stereocenters. The second kappa shape index (κ2) is 9.69. The van der Waals surface area contributed by atoms with Gasteiger partial charge >= 0.3 is 0 Å². The normalized spacial score (nSPS) is 21.7. The third kappa shape index (κ3) is 4.72. The first-order chi connectivity index (χ1) is 16.4. The van der Waals surface area contributed by atoms with Gasteiger partial charge in [-0.2, -0.15) is 4.37 Å². The fourth-order valence-electron chi connectivity index (χ4n) is 4.89. The summed E-state index contributed by atoms with van der Waals surface area (Å²) >= 11 is 1.09. The van der Waals surface area contributed by atoms with Gasteiger partial charge in [0, 0.05) is 43.7 Å². The third-order valence-corrected chi connectivity index (χ3v) is 9.15. The van der Waals surface area contributed by atoms with Crippen LogP contribution in [0.5, 0.6) is 5.75 Å². The minimum Gasteiger partial charge on any atom is -0.493 e. The van der Waals surface area contributed by atoms with Crippen molar-refractivity contribution in [2.75, 3.05) is 32.8 Å². The van der Waals surface area contributed by atoms with E-state index in [-0.39, 0.29) is 28.5 Å². The first-order valence-electron chi connectivity index (χ1n) is 11.4. The summed E-state index contributed by atoms with van der Waals surface area (Å²) in [6.07, 6.45) is 2.18. The Labute approximate surface area is 203 Å². The summed E-state index contributed by atoms with van der Waals surface area (Å²) in [5, 5.41) is 0.465. The first kappa shape index (κ1) is 23.3. The topological polar surface area (TPSA) is 75.6 Å². The number of likely N-dealkylation sites (N-methyl/N-ethyl adjacent to an activating group) is 1. The van der Waals surface area contributed by atoms with Crippen LogP contribution in [0.15, 0.2) is 53.7 Å². The van der Waals surface area contributed by atoms with Crippen molar-refractivity contribution < 1.29 is 17.5 Å². The highest BCUT2D eigenvalue weighted by molar-refractivity contribution is 7.90. The fourth-order valence-corrected chi connectivity index (χ4v) is 7.00. The molecule has 3 aromatic rings. The largest absolute Gasteiger partial charge is 0.493 e. The highest BCUT2D eigenvalue weighted by atomic mass is 32.2. The molecule has 1 fully saturated rings. The molecule has 0 radical (unpaired) electrons. The Balaban J connectivity index is 1.45. The second-order valence-electron chi connectivity index (χ2n) is 8.65. The van der Waals surface area contributed by atoms with E-state index in [2.05, 4.69) is 26.1 Å². The summed E-state index contributed by atoms with van der Waals surface area (Å²) in [4.78, 5) is 9.11. The number of ether oxygens (including phenoxy) is 1. The summed E-state index contributed by atoms with van der Waals surface area (Å²) < 4.78 is 49.3. The molecular formula is C24H27FN4O3S2. The van der Waals surface area contributed by atoms with Crippen LogP contribution in [-0.2, 0) is 15.6 Å². The predicted molar refractivity (Wildman–Crippen MR) is 128 cm³/mol. The molecule has 2 aromatic carbocycles. The molecule has 0 spiro atoms. The Bertz CT molecular complexity index is 1240. The van der Waals surface area contributed by atoms with Gasteiger partial charge in [-0.15, -0.1) is 0 Å². The van der Waals surface area contributed by atoms with Gasteiger partial charge in [-0.3, -0.25) is 4.90 Å². The van der Waals surface area contributed by atoms with Crippen LogP contribution < -0.4 is 4.74 Å². The molecule has 1 aromatic heterocycles. The van der Waals surface area contributed by atoms with Gasteiger partial charge in [-0.25, -0.2) is 17.8 Å². The van der Waals surface area contributed by atoms with E-state index < -0.39 is 9.84 Å². The van der Waals surface area contributed by atoms with E-state index in [0.717, 1.165) is 55.3 Å². The fraction of sp³-hybridized carbons (Fsp3) is 0.417. The Morgan fingerprint density at radius 2 is 1.97 bits per heavy atom. The third-order valence-electron chi connectivity index (χ3n) is 6.68. The van der Waals surface area contributed by atoms with E-state index in [0.29, 0.717) is 17.4 Å². The van der Waals surface area contributed by atoms with Gasteiger partial charge in [-0.1, -0.05) is 25.1 Å². The number of piperazine rings is 1. The Morgan fingerprint density at radius 3 is 2.71 bits per heavy atom. The summed E-state index contributed by atoms with van der Waals surface area (Å²) in [5.41, 5.74) is 2.09. The van der Waals surface area contributed by atoms with Crippen molar-refractivity contribution >= 4 is 21.4 Å². The summed E-state index contributed by atoms with van der Waals surface area (Å²) in [6.45, 7) is 6.33. The van der Waals surface area contributed by atoms with E-state index >= 15 is 0 Å². The van der Waals surface area contributed by atoms with Crippen molar-refractivity contribution in [3.05, 3.63) is 70.7 Å². The number of hydrogen-bond acceptors (Lipinski definition) is 8. The molecule has 34 heavy (non-hydrogen) atoms. The molecule has 1 saturated heterocycles. The van der Waals surface area contributed by atoms with E-state index in [9.17, 15) is 12.8 Å². The molecule has 0 unspecified atom stereocenters. The molecular weight excluding hydrogens is 475 g/mol. The standard InChI is InChI=1S/C24H27FN4O3S2/c1-2-28-10-11-29(22(14-28)17-3-5-18(25)6-4-17)21-9-12-32-23-13-19(7-8-20(21)23)34(30,31)15-24-26-16-27-33-24/h3-8,13,16,21-22H,2,9-12,14-15H2,1H3/t21-,22-/m0/s1. The number of aromatic nitrogens is 2. The van der Waals surface area contributed by atoms with Crippen molar-refractivity contribution in [2.24, 2.45) is 0 Å². The lowest BCUT2D eigenvalue weighted by molar-refractivity contribution is 0.0257. The van der Waals surface area contributed by atoms with Gasteiger partial charge in [0.15, 0.2) is 9.84 Å². The van der Waals surface area contributed by atoms with Crippen LogP contribution in [0.3, 0.4) is 0 Å². The van der Waals surface area contributed by atoms with Crippen LogP contribution in [-0.4, -0.2) is 60.4 Å². The molecule has 7 nitrogen and oxygen atoms in total. The number of fused-ring (bicyclic) bond motifs is 1. The van der Waals surface area contributed by atoms with Gasteiger partial charge in [0.05, 0.1) is 11.5 Å². The quantitative estimate of drug-likeness (QED) is 0.507. The van der Waals surface area contributed by atoms with E-state index in [1.165, 1.54) is 18.5 Å². The Hall–Kier alpha value is -2.40. The zero-order chi connectivity index (χ0) is 23.7. The SMILES string of the molecule is CCN1CCN([C@H]2CCOc3cc(S(=O)(=O)Cc4ncns4)ccc32)[C@H](c2ccc(F)cc2)C1. The number of halogens is 1. The van der Waals surface area contributed by atoms with Gasteiger partial charge in [0.2, 0.25) is 0 Å². The van der Waals surface area contributed by atoms with Crippen LogP contribution in [0, 0.1) is 5.82 Å². The van der Waals surface area contributed by atoms with Crippen molar-refractivity contribution in [3.8, 4) is 5.75 Å². The molecule has 0 N–H and O–H groups in total. The summed E-state index contributed by atoms with van der Waals surface area (Å²) in [6, 6.07) is 12.2. The molecule has 2 aliphatic rings. The van der Waals surface area contributed by atoms with Crippen LogP contribution in [0.4, 0.5) is 4.39 Å². The average molecular weight is 503 g/mol. The van der Waals surface area contributed by atoms with Crippen molar-refractivity contribution in [1.29, 1.82) is 0 Å². The molecule has 0 bridgehead atoms. The monoisotopic (exact) mass is 502 g/mol. The van der Waals surface area contributed by atoms with Crippen LogP contribution in [0.2, 0.25) is 0 Å². The van der Waals surface area contributed by atoms with Crippen LogP contribution in [0.25, 0.3) is 0 Å². The second-order valence-corrected chi connectivity index (χ2v) is 11.5. The highest BCUT2D eigenvalue weighted by Crippen LogP contribution is 2.42. The molecule has 0 aliphatic carbocycles. The average Bonchev–Trinajstić information content (AvgIpc) is 3.36. The van der Waals surface area contributed by atoms with E-state index in [1.54, 1.807) is 12.1 Å². The molecule has 3 heterocycles. The number of hydrogen-bond donors (Lipinski definition) is 0. The lowest BCUT2D eigenvalue weighted by Crippen LogP contribution is -2.50. The first-order valence-corrected chi connectivity index (χ1v) is 13.9. The molecule has 2 aliphatic heterocycles. The van der Waals surface area contributed by atoms with E-state index in [4.69, 9.17) is 4.74 Å². The van der Waals surface area contributed by atoms with Gasteiger partial charge in [-0.05, 0) is 47.9 Å². The van der Waals surface area contributed by atoms with Crippen LogP contribution >= 0.6 is 11.5 Å². The molecule has 180 valence electrons. The molecule has 5 rings (SSSR count). The van der Waals surface area contributed by atoms with E-state index in [1.807, 2.05) is 18.2 Å². The summed E-state index contributed by atoms with van der Waals surface area (Å²) in [7, 11) is -3.56. The van der Waals surface area contributed by atoms with Gasteiger partial charge in [0.25, 0.3) is 0 Å². The minimum absolute atomic E-state index is 0.0951. The smallest absolute Gasteiger partial charge is 0.185 e. The Morgan fingerprint density at radius 1 is 1.15 bits per heavy atom. The maximum Gasteiger partial charge on any atom is 0.185 e. The van der Waals surface area contributed by atoms with Crippen molar-refractivity contribution in [1.82, 2.24) is 19.2 Å². The van der Waals surface area contributed by atoms with Gasteiger partial charge in [0.1, 0.15) is 28.7 Å². The highest BCUT2D eigenvalue weighted by Gasteiger charge is 2.36. The maximum atomic E-state index is 13.6. The molecule has 10 heteroatoms. The number of nitrogens with zero attached hydrogens (tertiary/aromatic N) is 4. The van der Waals surface area contributed by atoms with Crippen molar-refractivity contribution in [3.63, 3.8) is 0 Å². The predicted octanol–water partition coefficient (Wildman–Crippen LogP) is 3.85. The number of rotatable bonds is 6. The minimum atomic E-state index is -3.56. The number of sulfone groups is 1. The maximum absolute atomic E-state index is 13.6. The zero-order valence-electron chi connectivity index (χ0n) is 18.9. The molecule has 0 saturated carbocycles. The van der Waals surface area contributed by atoms with Crippen molar-refractivity contribution in [2.45, 2.75) is 36.1 Å². The summed E-state index contributed by atoms with van der Waals surface area (Å²) in [5.74, 6) is 0.202. The lowest BCUT2D eigenvalue weighted by Gasteiger charge is -2.46. The van der Waals surface area contributed by atoms with Crippen LogP contribution in [0.1, 0.15) is 41.6 Å². The lowest BCUT2D eigenvalue weighted by atomic mass is 9.93. The Kier molecular flexibility index (Phi) is 6.65. The molecule has 0 amide bonds. The zero-order valence-corrected chi connectivity index (χ0v) is 20.6.